The third-order valence-corrected chi connectivity index (χ3v) is 3.14. The van der Waals surface area contributed by atoms with Crippen LogP contribution in [0.4, 0.5) is 10.5 Å². The molecule has 0 spiro atoms. The summed E-state index contributed by atoms with van der Waals surface area (Å²) in [7, 11) is 1.90. The van der Waals surface area contributed by atoms with Crippen LogP contribution in [0.2, 0.25) is 0 Å². The molecular formula is C13H19N3O. The third-order valence-electron chi connectivity index (χ3n) is 3.14. The number of para-hydroxylation sites is 1. The number of hydrogen-bond acceptors (Lipinski definition) is 2. The van der Waals surface area contributed by atoms with E-state index < -0.39 is 0 Å². The number of amides is 2. The highest BCUT2D eigenvalue weighted by Crippen LogP contribution is 2.26. The van der Waals surface area contributed by atoms with E-state index >= 15 is 0 Å². The molecule has 2 amide bonds. The van der Waals surface area contributed by atoms with Gasteiger partial charge in [-0.3, -0.25) is 4.90 Å². The van der Waals surface area contributed by atoms with Crippen molar-refractivity contribution in [2.75, 3.05) is 25.0 Å². The molecule has 1 unspecified atom stereocenters. The van der Waals surface area contributed by atoms with Gasteiger partial charge >= 0.3 is 6.03 Å². The van der Waals surface area contributed by atoms with Gasteiger partial charge in [0.25, 0.3) is 0 Å². The second-order valence-electron chi connectivity index (χ2n) is 4.56. The summed E-state index contributed by atoms with van der Waals surface area (Å²) >= 11 is 0. The second kappa shape index (κ2) is 4.75. The number of carbonyl (C=O) groups excluding carboxylic acids is 1. The lowest BCUT2D eigenvalue weighted by atomic mass is 10.1. The number of nitrogens with one attached hydrogen (secondary N) is 2. The predicted octanol–water partition coefficient (Wildman–Crippen LogP) is 1.42. The van der Waals surface area contributed by atoms with Crippen LogP contribution in [0, 0.1) is 13.8 Å². The summed E-state index contributed by atoms with van der Waals surface area (Å²) in [6, 6.07) is 6.30. The molecule has 2 rings (SSSR count). The first kappa shape index (κ1) is 11.9. The summed E-state index contributed by atoms with van der Waals surface area (Å²) in [4.78, 5) is 13.8. The Balaban J connectivity index is 2.26. The normalized spacial score (nSPS) is 19.6. The maximum absolute atomic E-state index is 12.0. The molecule has 0 aromatic heterocycles. The fourth-order valence-electron chi connectivity index (χ4n) is 2.39. The average Bonchev–Trinajstić information content (AvgIpc) is 2.60. The van der Waals surface area contributed by atoms with E-state index in [0.29, 0.717) is 0 Å². The number of likely N-dealkylation sites (N-methyl/N-ethyl adjacent to an activating group) is 1. The minimum absolute atomic E-state index is 0.00245. The zero-order valence-corrected chi connectivity index (χ0v) is 10.6. The van der Waals surface area contributed by atoms with E-state index in [1.54, 1.807) is 0 Å². The van der Waals surface area contributed by atoms with Crippen LogP contribution in [0.5, 0.6) is 0 Å². The van der Waals surface area contributed by atoms with Crippen molar-refractivity contribution >= 4 is 11.7 Å². The van der Waals surface area contributed by atoms with Crippen molar-refractivity contribution in [3.8, 4) is 0 Å². The lowest BCUT2D eigenvalue weighted by Gasteiger charge is -2.19. The number of anilines is 1. The van der Waals surface area contributed by atoms with Gasteiger partial charge < -0.3 is 10.6 Å². The molecule has 17 heavy (non-hydrogen) atoms. The van der Waals surface area contributed by atoms with Crippen LogP contribution in [0.15, 0.2) is 18.2 Å². The van der Waals surface area contributed by atoms with E-state index in [4.69, 9.17) is 0 Å². The third kappa shape index (κ3) is 2.26. The van der Waals surface area contributed by atoms with E-state index in [1.807, 2.05) is 44.0 Å². The topological polar surface area (TPSA) is 44.4 Å². The molecule has 0 saturated carbocycles. The number of urea groups is 1. The molecule has 1 aliphatic heterocycles. The summed E-state index contributed by atoms with van der Waals surface area (Å²) < 4.78 is 0. The Labute approximate surface area is 102 Å². The zero-order valence-electron chi connectivity index (χ0n) is 10.6. The zero-order chi connectivity index (χ0) is 12.4. The van der Waals surface area contributed by atoms with E-state index in [9.17, 15) is 4.79 Å². The van der Waals surface area contributed by atoms with Crippen LogP contribution in [-0.4, -0.2) is 32.2 Å². The van der Waals surface area contributed by atoms with Crippen LogP contribution in [0.25, 0.3) is 0 Å². The lowest BCUT2D eigenvalue weighted by molar-refractivity contribution is 0.250. The Bertz CT molecular complexity index is 410. The van der Waals surface area contributed by atoms with Crippen molar-refractivity contribution in [2.24, 2.45) is 0 Å². The monoisotopic (exact) mass is 233 g/mol. The molecule has 1 fully saturated rings. The lowest BCUT2D eigenvalue weighted by Crippen LogP contribution is -2.35. The second-order valence-corrected chi connectivity index (χ2v) is 4.56. The molecule has 92 valence electrons. The summed E-state index contributed by atoms with van der Waals surface area (Å²) in [6.45, 7) is 5.61. The van der Waals surface area contributed by atoms with Crippen molar-refractivity contribution in [1.82, 2.24) is 10.6 Å². The molecule has 0 radical (unpaired) electrons. The van der Waals surface area contributed by atoms with Gasteiger partial charge in [-0.05, 0) is 32.0 Å². The van der Waals surface area contributed by atoms with Gasteiger partial charge in [0.05, 0.1) is 11.7 Å². The number of hydrogen-bond donors (Lipinski definition) is 2. The SMILES string of the molecule is CNCC1CN(c2c(C)cccc2C)C(=O)N1. The van der Waals surface area contributed by atoms with Crippen molar-refractivity contribution in [3.05, 3.63) is 29.3 Å². The first-order valence-electron chi connectivity index (χ1n) is 5.92. The van der Waals surface area contributed by atoms with Crippen molar-refractivity contribution < 1.29 is 4.79 Å². The van der Waals surface area contributed by atoms with E-state index in [0.717, 1.165) is 29.9 Å². The highest BCUT2D eigenvalue weighted by atomic mass is 16.2. The molecule has 4 nitrogen and oxygen atoms in total. The Morgan fingerprint density at radius 2 is 2.06 bits per heavy atom. The Morgan fingerprint density at radius 3 is 2.65 bits per heavy atom. The maximum Gasteiger partial charge on any atom is 0.322 e. The van der Waals surface area contributed by atoms with Crippen molar-refractivity contribution in [3.63, 3.8) is 0 Å². The van der Waals surface area contributed by atoms with Gasteiger partial charge in [0.1, 0.15) is 0 Å². The van der Waals surface area contributed by atoms with Gasteiger partial charge in [0.15, 0.2) is 0 Å². The molecule has 2 N–H and O–H groups in total. The summed E-state index contributed by atoms with van der Waals surface area (Å²) in [5.41, 5.74) is 3.33. The van der Waals surface area contributed by atoms with E-state index in [2.05, 4.69) is 10.6 Å². The molecule has 1 aliphatic rings. The molecule has 1 aromatic rings. The Hall–Kier alpha value is -1.55. The molecular weight excluding hydrogens is 214 g/mol. The number of nitrogens with zero attached hydrogens (tertiary/aromatic N) is 1. The minimum atomic E-state index is 0.00245. The van der Waals surface area contributed by atoms with Crippen LogP contribution >= 0.6 is 0 Å². The molecule has 0 aliphatic carbocycles. The highest BCUT2D eigenvalue weighted by molar-refractivity contribution is 5.96. The molecule has 1 saturated heterocycles. The average molecular weight is 233 g/mol. The smallest absolute Gasteiger partial charge is 0.322 e. The van der Waals surface area contributed by atoms with Gasteiger partial charge in [-0.2, -0.15) is 0 Å². The van der Waals surface area contributed by atoms with Crippen LogP contribution in [0.3, 0.4) is 0 Å². The number of carbonyl (C=O) groups is 1. The van der Waals surface area contributed by atoms with Gasteiger partial charge in [-0.1, -0.05) is 18.2 Å². The first-order chi connectivity index (χ1) is 8.13. The Kier molecular flexibility index (Phi) is 3.33. The quantitative estimate of drug-likeness (QED) is 0.829. The minimum Gasteiger partial charge on any atom is -0.332 e. The van der Waals surface area contributed by atoms with E-state index in [-0.39, 0.29) is 12.1 Å². The molecule has 4 heteroatoms. The molecule has 1 atom stereocenters. The Morgan fingerprint density at radius 1 is 1.41 bits per heavy atom. The highest BCUT2D eigenvalue weighted by Gasteiger charge is 2.30. The van der Waals surface area contributed by atoms with Gasteiger partial charge in [0.2, 0.25) is 0 Å². The number of rotatable bonds is 3. The standard InChI is InChI=1S/C13H19N3O/c1-9-5-4-6-10(2)12(9)16-8-11(7-14-3)15-13(16)17/h4-6,11,14H,7-8H2,1-3H3,(H,15,17). The first-order valence-corrected chi connectivity index (χ1v) is 5.92. The fraction of sp³-hybridized carbons (Fsp3) is 0.462. The predicted molar refractivity (Wildman–Crippen MR) is 69.5 cm³/mol. The summed E-state index contributed by atoms with van der Waals surface area (Å²) in [6.07, 6.45) is 0. The summed E-state index contributed by atoms with van der Waals surface area (Å²) in [5, 5.41) is 6.07. The van der Waals surface area contributed by atoms with Gasteiger partial charge in [0, 0.05) is 13.1 Å². The fourth-order valence-corrected chi connectivity index (χ4v) is 2.39. The molecule has 1 aromatic carbocycles. The number of benzene rings is 1. The van der Waals surface area contributed by atoms with Crippen molar-refractivity contribution in [1.29, 1.82) is 0 Å². The van der Waals surface area contributed by atoms with Gasteiger partial charge in [-0.15, -0.1) is 0 Å². The largest absolute Gasteiger partial charge is 0.332 e. The van der Waals surface area contributed by atoms with Crippen molar-refractivity contribution in [2.45, 2.75) is 19.9 Å². The maximum atomic E-state index is 12.0. The van der Waals surface area contributed by atoms with Crippen LogP contribution < -0.4 is 15.5 Å². The van der Waals surface area contributed by atoms with Crippen LogP contribution in [-0.2, 0) is 0 Å². The van der Waals surface area contributed by atoms with Gasteiger partial charge in [-0.25, -0.2) is 4.79 Å². The molecule has 0 bridgehead atoms. The molecule has 1 heterocycles. The number of aryl methyl sites for hydroxylation is 2. The summed E-state index contributed by atoms with van der Waals surface area (Å²) in [5.74, 6) is 0. The van der Waals surface area contributed by atoms with E-state index in [1.165, 1.54) is 0 Å². The van der Waals surface area contributed by atoms with Crippen LogP contribution in [0.1, 0.15) is 11.1 Å².